The number of unbranched alkanes of at least 4 members (excludes halogenated alkanes) is 1. The van der Waals surface area contributed by atoms with Gasteiger partial charge in [-0.05, 0) is 20.3 Å². The van der Waals surface area contributed by atoms with Gasteiger partial charge in [-0.3, -0.25) is 0 Å². The zero-order valence-electron chi connectivity index (χ0n) is 14.5. The molecule has 23 heavy (non-hydrogen) atoms. The van der Waals surface area contributed by atoms with Gasteiger partial charge in [-0.1, -0.05) is 55.6 Å². The Hall–Kier alpha value is -0.176. The van der Waals surface area contributed by atoms with Gasteiger partial charge >= 0.3 is 21.7 Å². The van der Waals surface area contributed by atoms with E-state index in [9.17, 15) is 0 Å². The van der Waals surface area contributed by atoms with Gasteiger partial charge < -0.3 is 30.5 Å². The smallest absolute Gasteiger partial charge is 1.00 e. The zero-order valence-corrected chi connectivity index (χ0v) is 17.6. The molecule has 0 spiro atoms. The van der Waals surface area contributed by atoms with Gasteiger partial charge in [0, 0.05) is 0 Å². The van der Waals surface area contributed by atoms with Crippen molar-refractivity contribution in [3.63, 3.8) is 0 Å². The first-order chi connectivity index (χ1) is 9.65. The van der Waals surface area contributed by atoms with E-state index in [-0.39, 0.29) is 46.5 Å². The van der Waals surface area contributed by atoms with Crippen LogP contribution in [0.1, 0.15) is 58.1 Å². The van der Waals surface area contributed by atoms with Crippen molar-refractivity contribution in [1.29, 1.82) is 0 Å². The summed E-state index contributed by atoms with van der Waals surface area (Å²) in [5.41, 5.74) is 13.7. The van der Waals surface area contributed by atoms with E-state index < -0.39 is 0 Å². The molecule has 1 N–H and O–H groups in total. The average Bonchev–Trinajstić information content (AvgIpc) is 2.80. The van der Waals surface area contributed by atoms with Crippen molar-refractivity contribution < 1.29 is 46.5 Å². The molecule has 1 aliphatic rings. The molecule has 0 fully saturated rings. The molecule has 0 aliphatic heterocycles. The summed E-state index contributed by atoms with van der Waals surface area (Å²) in [6, 6.07) is 8.63. The molecule has 0 amide bonds. The van der Waals surface area contributed by atoms with Crippen molar-refractivity contribution in [2.24, 2.45) is 0 Å². The second-order valence-electron chi connectivity index (χ2n) is 5.17. The van der Waals surface area contributed by atoms with E-state index >= 15 is 0 Å². The summed E-state index contributed by atoms with van der Waals surface area (Å²) in [4.78, 5) is 0. The zero-order chi connectivity index (χ0) is 15.0. The van der Waals surface area contributed by atoms with E-state index in [0.717, 1.165) is 19.3 Å². The van der Waals surface area contributed by atoms with Gasteiger partial charge in [-0.15, -0.1) is 17.7 Å². The summed E-state index contributed by atoms with van der Waals surface area (Å²) in [6.07, 6.45) is 7.80. The summed E-state index contributed by atoms with van der Waals surface area (Å²) < 4.78 is 0. The fourth-order valence-corrected chi connectivity index (χ4v) is 2.31. The Bertz CT molecular complexity index is 494. The minimum atomic E-state index is 0. The summed E-state index contributed by atoms with van der Waals surface area (Å²) in [6.45, 7) is 9.20. The minimum absolute atomic E-state index is 0. The molecular weight excluding hydrogens is 361 g/mol. The van der Waals surface area contributed by atoms with Crippen LogP contribution in [0.3, 0.4) is 0 Å². The Morgan fingerprint density at radius 1 is 1.13 bits per heavy atom. The van der Waals surface area contributed by atoms with Crippen LogP contribution in [-0.4, -0.2) is 6.54 Å². The number of allylic oxidation sites excluding steroid dienone is 4. The second-order valence-corrected chi connectivity index (χ2v) is 5.17. The first-order valence-corrected chi connectivity index (χ1v) is 7.55. The third-order valence-electron chi connectivity index (χ3n) is 3.78. The normalized spacial score (nSPS) is 12.0. The largest absolute Gasteiger partial charge is 2.00 e. The fraction of sp³-hybridized carbons (Fsp3) is 0.421. The summed E-state index contributed by atoms with van der Waals surface area (Å²) >= 11 is 0. The van der Waals surface area contributed by atoms with Gasteiger partial charge in [0.2, 0.25) is 0 Å². The maximum Gasteiger partial charge on any atom is 2.00 e. The molecule has 0 unspecified atom stereocenters. The van der Waals surface area contributed by atoms with Crippen LogP contribution in [-0.2, 0) is 21.7 Å². The Morgan fingerprint density at radius 3 is 2.13 bits per heavy atom. The molecular formula is C19H27Cl2NTi-2. The first-order valence-electron chi connectivity index (χ1n) is 7.55. The SMILES string of the molecule is CCCC[NH-].C[CH-]c1ccccc1C1=C(C)C(C)=CC1.[Cl-].[Cl-].[Ti+2]. The van der Waals surface area contributed by atoms with Crippen LogP contribution in [0.5, 0.6) is 0 Å². The maximum absolute atomic E-state index is 6.60. The molecule has 0 atom stereocenters. The van der Waals surface area contributed by atoms with Crippen molar-refractivity contribution in [1.82, 2.24) is 0 Å². The van der Waals surface area contributed by atoms with Crippen molar-refractivity contribution >= 4 is 5.57 Å². The molecule has 0 bridgehead atoms. The van der Waals surface area contributed by atoms with E-state index in [1.165, 1.54) is 27.8 Å². The monoisotopic (exact) mass is 387 g/mol. The van der Waals surface area contributed by atoms with Crippen LogP contribution in [0.2, 0.25) is 0 Å². The van der Waals surface area contributed by atoms with Crippen molar-refractivity contribution in [3.8, 4) is 0 Å². The van der Waals surface area contributed by atoms with Gasteiger partial charge in [-0.25, -0.2) is 0 Å². The van der Waals surface area contributed by atoms with Crippen LogP contribution in [0.15, 0.2) is 41.5 Å². The molecule has 0 aromatic heterocycles. The van der Waals surface area contributed by atoms with Gasteiger partial charge in [0.1, 0.15) is 0 Å². The summed E-state index contributed by atoms with van der Waals surface area (Å²) in [7, 11) is 0. The van der Waals surface area contributed by atoms with E-state index in [4.69, 9.17) is 5.73 Å². The predicted octanol–water partition coefficient (Wildman–Crippen LogP) is 0.227. The standard InChI is InChI=1S/C15H17.C4H10N.2ClH.Ti/c1-4-13-7-5-6-8-15(13)14-10-9-11(2)12(14)3;1-2-3-4-5;;;/h4-9H,10H2,1-3H3;5H,2-4H2,1H3;2*1H;/q2*-1;;;+2/p-2. The van der Waals surface area contributed by atoms with Crippen molar-refractivity contribution in [2.45, 2.75) is 47.0 Å². The molecule has 128 valence electrons. The molecule has 1 aliphatic carbocycles. The number of rotatable bonds is 4. The third-order valence-corrected chi connectivity index (χ3v) is 3.78. The molecule has 0 saturated heterocycles. The maximum atomic E-state index is 6.60. The molecule has 2 rings (SSSR count). The van der Waals surface area contributed by atoms with E-state index in [0.29, 0.717) is 6.54 Å². The molecule has 1 aromatic carbocycles. The number of hydrogen-bond acceptors (Lipinski definition) is 0. The van der Waals surface area contributed by atoms with Crippen LogP contribution in [0.25, 0.3) is 11.3 Å². The number of halogens is 2. The summed E-state index contributed by atoms with van der Waals surface area (Å²) in [5.74, 6) is 0. The average molecular weight is 388 g/mol. The van der Waals surface area contributed by atoms with Crippen LogP contribution >= 0.6 is 0 Å². The summed E-state index contributed by atoms with van der Waals surface area (Å²) in [5, 5.41) is 0. The van der Waals surface area contributed by atoms with Crippen LogP contribution in [0.4, 0.5) is 0 Å². The van der Waals surface area contributed by atoms with E-state index in [1.807, 2.05) is 0 Å². The molecule has 0 radical (unpaired) electrons. The number of nitrogens with one attached hydrogen (secondary N) is 1. The Morgan fingerprint density at radius 2 is 1.74 bits per heavy atom. The first kappa shape index (κ1) is 27.7. The third kappa shape index (κ3) is 8.47. The van der Waals surface area contributed by atoms with E-state index in [2.05, 4.69) is 64.5 Å². The minimum Gasteiger partial charge on any atom is -1.00 e. The molecule has 1 nitrogen and oxygen atoms in total. The topological polar surface area (TPSA) is 23.8 Å². The Kier molecular flexibility index (Phi) is 18.5. The molecule has 1 aromatic rings. The van der Waals surface area contributed by atoms with Crippen molar-refractivity contribution in [3.05, 3.63) is 64.8 Å². The quantitative estimate of drug-likeness (QED) is 0.521. The fourth-order valence-electron chi connectivity index (χ4n) is 2.31. The van der Waals surface area contributed by atoms with Crippen LogP contribution in [0, 0.1) is 6.42 Å². The van der Waals surface area contributed by atoms with Gasteiger partial charge in [0.05, 0.1) is 0 Å². The van der Waals surface area contributed by atoms with Crippen LogP contribution < -0.4 is 24.8 Å². The predicted molar refractivity (Wildman–Crippen MR) is 90.6 cm³/mol. The van der Waals surface area contributed by atoms with Gasteiger partial charge in [0.25, 0.3) is 0 Å². The second kappa shape index (κ2) is 15.4. The van der Waals surface area contributed by atoms with E-state index in [1.54, 1.807) is 0 Å². The molecule has 4 heteroatoms. The molecule has 0 saturated carbocycles. The van der Waals surface area contributed by atoms with Gasteiger partial charge in [0.15, 0.2) is 0 Å². The molecule has 0 heterocycles. The van der Waals surface area contributed by atoms with Crippen molar-refractivity contribution in [2.75, 3.05) is 6.54 Å². The Labute approximate surface area is 169 Å². The van der Waals surface area contributed by atoms with Gasteiger partial charge in [-0.2, -0.15) is 24.6 Å². The number of benzene rings is 1. The number of hydrogen-bond donors (Lipinski definition) is 0. The Balaban J connectivity index is -0.000000444.